The van der Waals surface area contributed by atoms with Crippen LogP contribution in [0, 0.1) is 6.92 Å². The number of anilines is 1. The molecule has 2 N–H and O–H groups in total. The third kappa shape index (κ3) is 1.96. The maximum absolute atomic E-state index is 11.6. The Kier molecular flexibility index (Phi) is 2.36. The predicted octanol–water partition coefficient (Wildman–Crippen LogP) is 0.155. The Labute approximate surface area is 85.0 Å². The van der Waals surface area contributed by atoms with Gasteiger partial charge in [-0.25, -0.2) is 4.98 Å². The average Bonchev–Trinajstić information content (AvgIpc) is 2.66. The summed E-state index contributed by atoms with van der Waals surface area (Å²) in [6.07, 6.45) is 4.32. The predicted molar refractivity (Wildman–Crippen MR) is 51.1 cm³/mol. The highest BCUT2D eigenvalue weighted by Crippen LogP contribution is 2.04. The highest BCUT2D eigenvalue weighted by atomic mass is 16.1. The van der Waals surface area contributed by atoms with Crippen molar-refractivity contribution in [3.05, 3.63) is 29.8 Å². The molecule has 2 heterocycles. The molecule has 0 atom stereocenters. The van der Waals surface area contributed by atoms with E-state index in [0.29, 0.717) is 11.3 Å². The van der Waals surface area contributed by atoms with Crippen LogP contribution in [0.2, 0.25) is 0 Å². The lowest BCUT2D eigenvalue weighted by molar-refractivity contribution is 0.102. The summed E-state index contributed by atoms with van der Waals surface area (Å²) in [7, 11) is 0. The maximum Gasteiger partial charge on any atom is 0.261 e. The van der Waals surface area contributed by atoms with Crippen molar-refractivity contribution in [2.75, 3.05) is 5.32 Å². The van der Waals surface area contributed by atoms with E-state index < -0.39 is 0 Å². The molecule has 0 saturated heterocycles. The summed E-state index contributed by atoms with van der Waals surface area (Å²) in [6, 6.07) is 0. The van der Waals surface area contributed by atoms with Crippen molar-refractivity contribution in [2.45, 2.75) is 6.92 Å². The fourth-order valence-corrected chi connectivity index (χ4v) is 1.05. The number of hydrogen-bond acceptors (Lipinski definition) is 5. The molecule has 7 heteroatoms. The normalized spacial score (nSPS) is 9.93. The molecule has 0 aliphatic rings. The van der Waals surface area contributed by atoms with Gasteiger partial charge in [0.1, 0.15) is 0 Å². The quantitative estimate of drug-likeness (QED) is 0.726. The Morgan fingerprint density at radius 1 is 1.47 bits per heavy atom. The van der Waals surface area contributed by atoms with E-state index in [1.165, 1.54) is 18.6 Å². The number of aromatic nitrogens is 5. The largest absolute Gasteiger partial charge is 0.289 e. The van der Waals surface area contributed by atoms with Gasteiger partial charge in [-0.2, -0.15) is 10.2 Å². The minimum absolute atomic E-state index is 0.170. The Hall–Kier alpha value is -2.31. The first-order chi connectivity index (χ1) is 7.27. The molecule has 0 spiro atoms. The number of hydrogen-bond donors (Lipinski definition) is 2. The molecule has 0 aliphatic carbocycles. The number of aromatic amines is 1. The molecule has 0 saturated carbocycles. The number of aryl methyl sites for hydroxylation is 1. The van der Waals surface area contributed by atoms with Crippen molar-refractivity contribution < 1.29 is 4.79 Å². The highest BCUT2D eigenvalue weighted by molar-refractivity contribution is 6.03. The first-order valence-corrected chi connectivity index (χ1v) is 4.22. The van der Waals surface area contributed by atoms with Gasteiger partial charge in [0.05, 0.1) is 24.2 Å². The molecular weight excluding hydrogens is 196 g/mol. The van der Waals surface area contributed by atoms with Gasteiger partial charge >= 0.3 is 0 Å². The zero-order valence-corrected chi connectivity index (χ0v) is 7.93. The molecule has 1 amide bonds. The summed E-state index contributed by atoms with van der Waals surface area (Å²) in [6.45, 7) is 1.76. The standard InChI is InChI=1S/C8H8N6O/c1-5-6(4-11-13-5)7(15)12-8-9-2-3-10-14-8/h2-4H,1H3,(H,11,13)(H,9,12,14,15). The van der Waals surface area contributed by atoms with Crippen molar-refractivity contribution in [1.29, 1.82) is 0 Å². The summed E-state index contributed by atoms with van der Waals surface area (Å²) in [4.78, 5) is 15.4. The number of nitrogens with one attached hydrogen (secondary N) is 2. The van der Waals surface area contributed by atoms with Gasteiger partial charge < -0.3 is 0 Å². The third-order valence-electron chi connectivity index (χ3n) is 1.78. The first kappa shape index (κ1) is 9.25. The van der Waals surface area contributed by atoms with Gasteiger partial charge in [0, 0.05) is 5.69 Å². The number of amides is 1. The summed E-state index contributed by atoms with van der Waals surface area (Å²) in [5.74, 6) is -0.141. The summed E-state index contributed by atoms with van der Waals surface area (Å²) < 4.78 is 0. The van der Waals surface area contributed by atoms with Gasteiger partial charge in [0.2, 0.25) is 5.95 Å². The van der Waals surface area contributed by atoms with E-state index >= 15 is 0 Å². The Bertz CT molecular complexity index is 465. The monoisotopic (exact) mass is 204 g/mol. The lowest BCUT2D eigenvalue weighted by Crippen LogP contribution is -2.14. The van der Waals surface area contributed by atoms with Gasteiger partial charge in [-0.1, -0.05) is 0 Å². The lowest BCUT2D eigenvalue weighted by Gasteiger charge is -2.00. The zero-order chi connectivity index (χ0) is 10.7. The van der Waals surface area contributed by atoms with E-state index in [1.807, 2.05) is 0 Å². The van der Waals surface area contributed by atoms with Crippen molar-refractivity contribution in [3.63, 3.8) is 0 Å². The Balaban J connectivity index is 2.15. The Morgan fingerprint density at radius 2 is 2.33 bits per heavy atom. The molecular formula is C8H8N6O. The van der Waals surface area contributed by atoms with Crippen LogP contribution in [0.15, 0.2) is 18.6 Å². The summed E-state index contributed by atoms with van der Waals surface area (Å²) in [5, 5.41) is 16.1. The van der Waals surface area contributed by atoms with Crippen LogP contribution in [0.25, 0.3) is 0 Å². The van der Waals surface area contributed by atoms with Crippen LogP contribution in [0.5, 0.6) is 0 Å². The molecule has 2 rings (SSSR count). The summed E-state index contributed by atoms with van der Waals surface area (Å²) in [5.41, 5.74) is 1.15. The molecule has 0 radical (unpaired) electrons. The van der Waals surface area contributed by atoms with E-state index in [4.69, 9.17) is 0 Å². The molecule has 0 aliphatic heterocycles. The molecule has 2 aromatic heterocycles. The van der Waals surface area contributed by atoms with Crippen LogP contribution in [0.3, 0.4) is 0 Å². The lowest BCUT2D eigenvalue weighted by atomic mass is 10.2. The molecule has 0 bridgehead atoms. The molecule has 0 aromatic carbocycles. The maximum atomic E-state index is 11.6. The minimum atomic E-state index is -0.311. The fraction of sp³-hybridized carbons (Fsp3) is 0.125. The van der Waals surface area contributed by atoms with Crippen molar-refractivity contribution in [2.24, 2.45) is 0 Å². The number of carbonyl (C=O) groups is 1. The second-order valence-corrected chi connectivity index (χ2v) is 2.83. The highest BCUT2D eigenvalue weighted by Gasteiger charge is 2.11. The van der Waals surface area contributed by atoms with Gasteiger partial charge in [-0.3, -0.25) is 15.2 Å². The van der Waals surface area contributed by atoms with Crippen LogP contribution in [0.4, 0.5) is 5.95 Å². The van der Waals surface area contributed by atoms with E-state index in [0.717, 1.165) is 0 Å². The van der Waals surface area contributed by atoms with E-state index in [9.17, 15) is 4.79 Å². The smallest absolute Gasteiger partial charge is 0.261 e. The van der Waals surface area contributed by atoms with E-state index in [-0.39, 0.29) is 11.9 Å². The molecule has 0 fully saturated rings. The van der Waals surface area contributed by atoms with Crippen molar-refractivity contribution in [1.82, 2.24) is 25.4 Å². The number of H-pyrrole nitrogens is 1. The van der Waals surface area contributed by atoms with E-state index in [1.54, 1.807) is 6.92 Å². The van der Waals surface area contributed by atoms with Crippen LogP contribution in [-0.2, 0) is 0 Å². The molecule has 2 aromatic rings. The second-order valence-electron chi connectivity index (χ2n) is 2.83. The van der Waals surface area contributed by atoms with Crippen molar-refractivity contribution >= 4 is 11.9 Å². The first-order valence-electron chi connectivity index (χ1n) is 4.22. The minimum Gasteiger partial charge on any atom is -0.289 e. The third-order valence-corrected chi connectivity index (χ3v) is 1.78. The molecule has 7 nitrogen and oxygen atoms in total. The molecule has 15 heavy (non-hydrogen) atoms. The van der Waals surface area contributed by atoms with Crippen LogP contribution < -0.4 is 5.32 Å². The van der Waals surface area contributed by atoms with E-state index in [2.05, 4.69) is 30.7 Å². The van der Waals surface area contributed by atoms with Gasteiger partial charge in [-0.05, 0) is 6.92 Å². The number of carbonyl (C=O) groups excluding carboxylic acids is 1. The topological polar surface area (TPSA) is 96.5 Å². The van der Waals surface area contributed by atoms with Crippen LogP contribution in [-0.4, -0.2) is 31.3 Å². The molecule has 0 unspecified atom stereocenters. The molecule has 76 valence electrons. The Morgan fingerprint density at radius 3 is 2.93 bits per heavy atom. The number of nitrogens with zero attached hydrogens (tertiary/aromatic N) is 4. The zero-order valence-electron chi connectivity index (χ0n) is 7.93. The van der Waals surface area contributed by atoms with Crippen LogP contribution >= 0.6 is 0 Å². The van der Waals surface area contributed by atoms with Crippen LogP contribution in [0.1, 0.15) is 16.1 Å². The fourth-order valence-electron chi connectivity index (χ4n) is 1.05. The SMILES string of the molecule is Cc1[nH]ncc1C(=O)Nc1nccnn1. The number of rotatable bonds is 2. The van der Waals surface area contributed by atoms with Gasteiger partial charge in [0.15, 0.2) is 0 Å². The average molecular weight is 204 g/mol. The van der Waals surface area contributed by atoms with Gasteiger partial charge in [0.25, 0.3) is 5.91 Å². The van der Waals surface area contributed by atoms with Gasteiger partial charge in [-0.15, -0.1) is 5.10 Å². The summed E-state index contributed by atoms with van der Waals surface area (Å²) >= 11 is 0. The van der Waals surface area contributed by atoms with Crippen molar-refractivity contribution in [3.8, 4) is 0 Å². The second kappa shape index (κ2) is 3.82.